The van der Waals surface area contributed by atoms with Gasteiger partial charge < -0.3 is 10.6 Å². The third-order valence-corrected chi connectivity index (χ3v) is 8.14. The summed E-state index contributed by atoms with van der Waals surface area (Å²) in [6.07, 6.45) is -0.576. The van der Waals surface area contributed by atoms with E-state index >= 15 is 0 Å². The van der Waals surface area contributed by atoms with Crippen LogP contribution in [0.4, 0.5) is 13.2 Å². The summed E-state index contributed by atoms with van der Waals surface area (Å²) >= 11 is 0. The van der Waals surface area contributed by atoms with E-state index in [4.69, 9.17) is 5.73 Å². The number of carbonyl (C=O) groups is 1. The summed E-state index contributed by atoms with van der Waals surface area (Å²) in [4.78, 5) is 13.2. The van der Waals surface area contributed by atoms with E-state index in [0.29, 0.717) is 19.5 Å². The molecule has 0 spiro atoms. The van der Waals surface area contributed by atoms with Gasteiger partial charge in [-0.25, -0.2) is 8.42 Å². The Bertz CT molecular complexity index is 875. The zero-order valence-electron chi connectivity index (χ0n) is 17.0. The highest BCUT2D eigenvalue weighted by Crippen LogP contribution is 2.39. The van der Waals surface area contributed by atoms with Crippen LogP contribution in [-0.2, 0) is 21.0 Å². The van der Waals surface area contributed by atoms with Crippen molar-refractivity contribution in [3.63, 3.8) is 0 Å². The second kappa shape index (κ2) is 8.84. The summed E-state index contributed by atoms with van der Waals surface area (Å²) in [5, 5.41) is 0. The van der Waals surface area contributed by atoms with Gasteiger partial charge >= 0.3 is 6.18 Å². The van der Waals surface area contributed by atoms with Crippen molar-refractivity contribution in [3.05, 3.63) is 29.3 Å². The summed E-state index contributed by atoms with van der Waals surface area (Å²) in [6.45, 7) is 1.15. The molecule has 1 aliphatic heterocycles. The molecule has 1 saturated heterocycles. The van der Waals surface area contributed by atoms with E-state index in [1.165, 1.54) is 6.07 Å². The number of nitrogens with zero attached hydrogens (tertiary/aromatic N) is 2. The van der Waals surface area contributed by atoms with Crippen LogP contribution in [0.3, 0.4) is 0 Å². The number of halogens is 3. The van der Waals surface area contributed by atoms with Crippen molar-refractivity contribution in [1.82, 2.24) is 9.21 Å². The van der Waals surface area contributed by atoms with Crippen LogP contribution >= 0.6 is 0 Å². The van der Waals surface area contributed by atoms with Gasteiger partial charge in [0.05, 0.1) is 16.4 Å². The van der Waals surface area contributed by atoms with Crippen LogP contribution < -0.4 is 5.73 Å². The number of amides is 1. The second-order valence-corrected chi connectivity index (χ2v) is 10.2. The van der Waals surface area contributed by atoms with E-state index in [2.05, 4.69) is 0 Å². The molecule has 0 radical (unpaired) electrons. The predicted molar refractivity (Wildman–Crippen MR) is 106 cm³/mol. The van der Waals surface area contributed by atoms with Crippen LogP contribution in [0.5, 0.6) is 0 Å². The van der Waals surface area contributed by atoms with E-state index in [-0.39, 0.29) is 24.6 Å². The lowest BCUT2D eigenvalue weighted by atomic mass is 9.86. The third-order valence-electron chi connectivity index (χ3n) is 6.18. The van der Waals surface area contributed by atoms with Gasteiger partial charge in [-0.15, -0.1) is 0 Å². The molecule has 0 aromatic heterocycles. The average molecular weight is 448 g/mol. The van der Waals surface area contributed by atoms with Crippen molar-refractivity contribution in [2.45, 2.75) is 49.1 Å². The van der Waals surface area contributed by atoms with Gasteiger partial charge in [0.1, 0.15) is 0 Å². The second-order valence-electron chi connectivity index (χ2n) is 8.30. The molecule has 0 unspecified atom stereocenters. The number of nitrogens with two attached hydrogens (primary N) is 1. The molecule has 1 amide bonds. The largest absolute Gasteiger partial charge is 0.417 e. The van der Waals surface area contributed by atoms with Gasteiger partial charge in [-0.1, -0.05) is 31.7 Å². The fourth-order valence-electron chi connectivity index (χ4n) is 4.37. The minimum Gasteiger partial charge on any atom is -0.369 e. The molecule has 2 N–H and O–H groups in total. The van der Waals surface area contributed by atoms with Crippen molar-refractivity contribution in [2.24, 2.45) is 11.7 Å². The zero-order chi connectivity index (χ0) is 22.1. The van der Waals surface area contributed by atoms with Crippen LogP contribution in [0, 0.1) is 5.92 Å². The summed E-state index contributed by atoms with van der Waals surface area (Å²) in [6, 6.07) is 3.09. The molecule has 0 bridgehead atoms. The number of piperazine rings is 1. The van der Waals surface area contributed by atoms with E-state index in [1.54, 1.807) is 0 Å². The minimum atomic E-state index is -4.87. The number of hydrogen-bond acceptors (Lipinski definition) is 4. The van der Waals surface area contributed by atoms with Gasteiger partial charge in [-0.3, -0.25) is 4.79 Å². The first-order chi connectivity index (χ1) is 14.0. The van der Waals surface area contributed by atoms with Crippen molar-refractivity contribution < 1.29 is 26.4 Å². The Morgan fingerprint density at radius 1 is 1.17 bits per heavy atom. The maximum absolute atomic E-state index is 13.8. The molecular weight excluding hydrogens is 419 g/mol. The number of primary amides is 1. The van der Waals surface area contributed by atoms with Gasteiger partial charge in [0.15, 0.2) is 0 Å². The van der Waals surface area contributed by atoms with Crippen LogP contribution in [0.2, 0.25) is 0 Å². The normalized spacial score (nSPS) is 21.1. The minimum absolute atomic E-state index is 0.124. The first kappa shape index (κ1) is 23.0. The van der Waals surface area contributed by atoms with Crippen LogP contribution in [0.1, 0.15) is 49.1 Å². The molecular formula is C20H28F3N3O3S. The molecule has 2 aliphatic rings. The molecule has 1 aliphatic carbocycles. The van der Waals surface area contributed by atoms with Crippen LogP contribution in [0.25, 0.3) is 0 Å². The molecule has 1 saturated carbocycles. The molecule has 2 fully saturated rings. The Balaban J connectivity index is 1.98. The Hall–Kier alpha value is -1.65. The third kappa shape index (κ3) is 4.97. The highest BCUT2D eigenvalue weighted by molar-refractivity contribution is 7.89. The van der Waals surface area contributed by atoms with Gasteiger partial charge in [0, 0.05) is 26.2 Å². The highest BCUT2D eigenvalue weighted by atomic mass is 32.2. The number of rotatable bonds is 6. The molecule has 1 heterocycles. The fourth-order valence-corrected chi connectivity index (χ4v) is 5.99. The van der Waals surface area contributed by atoms with E-state index in [9.17, 15) is 26.4 Å². The monoisotopic (exact) mass is 447 g/mol. The Morgan fingerprint density at radius 3 is 2.30 bits per heavy atom. The fraction of sp³-hybridized carbons (Fsp3) is 0.650. The maximum atomic E-state index is 13.8. The molecule has 168 valence electrons. The average Bonchev–Trinajstić information content (AvgIpc) is 3.18. The molecule has 6 nitrogen and oxygen atoms in total. The van der Waals surface area contributed by atoms with Crippen molar-refractivity contribution in [1.29, 1.82) is 0 Å². The van der Waals surface area contributed by atoms with Gasteiger partial charge in [0.2, 0.25) is 15.9 Å². The van der Waals surface area contributed by atoms with Gasteiger partial charge in [-0.2, -0.15) is 17.5 Å². The van der Waals surface area contributed by atoms with Crippen molar-refractivity contribution in [3.8, 4) is 0 Å². The Morgan fingerprint density at radius 2 is 1.77 bits per heavy atom. The van der Waals surface area contributed by atoms with Gasteiger partial charge in [0.25, 0.3) is 0 Å². The summed E-state index contributed by atoms with van der Waals surface area (Å²) in [5.41, 5.74) is 4.39. The van der Waals surface area contributed by atoms with E-state index in [1.807, 2.05) is 11.9 Å². The lowest BCUT2D eigenvalue weighted by molar-refractivity contribution is -0.140. The number of alkyl halides is 3. The SMILES string of the molecule is CN1CCN(S(=O)(=O)c2ccc([C@@H](CC3CCCC3)C(N)=O)cc2C(F)(F)F)CC1. The summed E-state index contributed by atoms with van der Waals surface area (Å²) < 4.78 is 68.6. The predicted octanol–water partition coefficient (Wildman–Crippen LogP) is 2.79. The first-order valence-electron chi connectivity index (χ1n) is 10.2. The molecule has 1 aromatic rings. The number of hydrogen-bond donors (Lipinski definition) is 1. The Labute approximate surface area is 175 Å². The molecule has 30 heavy (non-hydrogen) atoms. The van der Waals surface area contributed by atoms with Crippen LogP contribution in [0.15, 0.2) is 23.1 Å². The topological polar surface area (TPSA) is 83.7 Å². The molecule has 10 heteroatoms. The number of likely N-dealkylation sites (N-methyl/N-ethyl adjacent to an activating group) is 1. The lowest BCUT2D eigenvalue weighted by Crippen LogP contribution is -2.47. The van der Waals surface area contributed by atoms with Gasteiger partial charge in [-0.05, 0) is 37.1 Å². The number of sulfonamides is 1. The van der Waals surface area contributed by atoms with E-state index < -0.39 is 38.5 Å². The quantitative estimate of drug-likeness (QED) is 0.727. The Kier molecular flexibility index (Phi) is 6.78. The molecule has 1 aromatic carbocycles. The molecule has 1 atom stereocenters. The first-order valence-corrected chi connectivity index (χ1v) is 11.6. The van der Waals surface area contributed by atoms with Crippen LogP contribution in [-0.4, -0.2) is 56.8 Å². The smallest absolute Gasteiger partial charge is 0.369 e. The standard InChI is InChI=1S/C20H28F3N3O3S/c1-25-8-10-26(11-9-25)30(28,29)18-7-6-15(13-17(18)20(21,22)23)16(19(24)27)12-14-4-2-3-5-14/h6-7,13-14,16H,2-5,8-12H2,1H3,(H2,24,27)/t16-/m1/s1. The highest BCUT2D eigenvalue weighted by Gasteiger charge is 2.40. The number of benzene rings is 1. The van der Waals surface area contributed by atoms with Crippen molar-refractivity contribution >= 4 is 15.9 Å². The van der Waals surface area contributed by atoms with Crippen molar-refractivity contribution in [2.75, 3.05) is 33.2 Å². The molecule has 3 rings (SSSR count). The maximum Gasteiger partial charge on any atom is 0.417 e. The van der Waals surface area contributed by atoms with E-state index in [0.717, 1.165) is 42.1 Å². The lowest BCUT2D eigenvalue weighted by Gasteiger charge is -2.32. The summed E-state index contributed by atoms with van der Waals surface area (Å²) in [5.74, 6) is -1.31. The summed E-state index contributed by atoms with van der Waals surface area (Å²) in [7, 11) is -2.49. The number of carbonyl (C=O) groups excluding carboxylic acids is 1. The zero-order valence-corrected chi connectivity index (χ0v) is 17.8.